The minimum absolute atomic E-state index is 0.0604. The van der Waals surface area contributed by atoms with E-state index in [1.165, 1.54) is 11.3 Å². The van der Waals surface area contributed by atoms with Crippen molar-refractivity contribution in [3.8, 4) is 0 Å². The van der Waals surface area contributed by atoms with Crippen molar-refractivity contribution in [2.24, 2.45) is 11.8 Å². The van der Waals surface area contributed by atoms with Gasteiger partial charge in [0.2, 0.25) is 11.8 Å². The van der Waals surface area contributed by atoms with Gasteiger partial charge in [0.15, 0.2) is 0 Å². The van der Waals surface area contributed by atoms with Crippen molar-refractivity contribution in [1.82, 2.24) is 10.2 Å². The second-order valence-electron chi connectivity index (χ2n) is 7.24. The van der Waals surface area contributed by atoms with E-state index in [1.54, 1.807) is 0 Å². The van der Waals surface area contributed by atoms with Crippen LogP contribution < -0.4 is 10.2 Å². The van der Waals surface area contributed by atoms with E-state index in [0.29, 0.717) is 0 Å². The molecule has 5 heteroatoms. The van der Waals surface area contributed by atoms with E-state index >= 15 is 0 Å². The van der Waals surface area contributed by atoms with Crippen molar-refractivity contribution >= 4 is 17.5 Å². The lowest BCUT2D eigenvalue weighted by Crippen LogP contribution is -2.49. The highest BCUT2D eigenvalue weighted by atomic mass is 16.2. The first-order valence-corrected chi connectivity index (χ1v) is 9.48. The molecule has 1 aliphatic carbocycles. The number of nitrogens with one attached hydrogen (secondary N) is 1. The lowest BCUT2D eigenvalue weighted by molar-refractivity contribution is -0.135. The van der Waals surface area contributed by atoms with Crippen LogP contribution in [0.3, 0.4) is 0 Å². The molecule has 0 aromatic heterocycles. The van der Waals surface area contributed by atoms with Crippen molar-refractivity contribution < 1.29 is 9.59 Å². The second kappa shape index (κ2) is 7.89. The summed E-state index contributed by atoms with van der Waals surface area (Å²) in [5, 5.41) is 2.95. The zero-order valence-electron chi connectivity index (χ0n) is 15.3. The number of nitrogens with zero attached hydrogens (tertiary/aromatic N) is 2. The summed E-state index contributed by atoms with van der Waals surface area (Å²) in [6.45, 7) is 8.13. The van der Waals surface area contributed by atoms with Crippen molar-refractivity contribution in [2.45, 2.75) is 33.1 Å². The Labute approximate surface area is 150 Å². The topological polar surface area (TPSA) is 52.7 Å². The molecule has 1 saturated carbocycles. The molecule has 1 aromatic carbocycles. The maximum atomic E-state index is 12.6. The standard InChI is InChI=1S/C20H29N3O2/c1-3-4-8-21-19(24)17-14-18(17)20(25)23-11-9-22(10-12-23)16-7-5-6-15(2)13-16/h5-7,13,17-18H,3-4,8-12,14H2,1-2H3,(H,21,24). The molecule has 1 heterocycles. The largest absolute Gasteiger partial charge is 0.368 e. The molecule has 0 spiro atoms. The molecule has 5 nitrogen and oxygen atoms in total. The molecule has 1 aromatic rings. The number of carbonyl (C=O) groups excluding carboxylic acids is 2. The van der Waals surface area contributed by atoms with Crippen LogP contribution in [0.2, 0.25) is 0 Å². The number of carbonyl (C=O) groups is 2. The van der Waals surface area contributed by atoms with Crippen LogP contribution >= 0.6 is 0 Å². The number of rotatable bonds is 6. The predicted molar refractivity (Wildman–Crippen MR) is 99.5 cm³/mol. The summed E-state index contributed by atoms with van der Waals surface area (Å²) in [7, 11) is 0. The highest BCUT2D eigenvalue weighted by molar-refractivity contribution is 5.92. The summed E-state index contributed by atoms with van der Waals surface area (Å²) in [6, 6.07) is 8.49. The van der Waals surface area contributed by atoms with Crippen LogP contribution in [0.1, 0.15) is 31.7 Å². The summed E-state index contributed by atoms with van der Waals surface area (Å²) in [4.78, 5) is 29.0. The van der Waals surface area contributed by atoms with E-state index in [0.717, 1.165) is 52.0 Å². The lowest BCUT2D eigenvalue weighted by atomic mass is 10.2. The summed E-state index contributed by atoms with van der Waals surface area (Å²) in [5.74, 6) is 0.0380. The van der Waals surface area contributed by atoms with E-state index < -0.39 is 0 Å². The highest BCUT2D eigenvalue weighted by Crippen LogP contribution is 2.40. The molecule has 1 saturated heterocycles. The van der Waals surface area contributed by atoms with Gasteiger partial charge in [0.05, 0.1) is 11.8 Å². The smallest absolute Gasteiger partial charge is 0.226 e. The lowest BCUT2D eigenvalue weighted by Gasteiger charge is -2.36. The minimum Gasteiger partial charge on any atom is -0.368 e. The number of hydrogen-bond acceptors (Lipinski definition) is 3. The van der Waals surface area contributed by atoms with Crippen molar-refractivity contribution in [1.29, 1.82) is 0 Å². The fourth-order valence-corrected chi connectivity index (χ4v) is 3.52. The van der Waals surface area contributed by atoms with Crippen LogP contribution in [0.4, 0.5) is 5.69 Å². The molecule has 136 valence electrons. The average Bonchev–Trinajstić information content (AvgIpc) is 3.42. The zero-order chi connectivity index (χ0) is 17.8. The first-order chi connectivity index (χ1) is 12.1. The van der Waals surface area contributed by atoms with Gasteiger partial charge in [0, 0.05) is 38.4 Å². The fraction of sp³-hybridized carbons (Fsp3) is 0.600. The SMILES string of the molecule is CCCCNC(=O)C1CC1C(=O)N1CCN(c2cccc(C)c2)CC1. The first kappa shape index (κ1) is 17.8. The molecule has 3 rings (SSSR count). The van der Waals surface area contributed by atoms with Gasteiger partial charge in [-0.05, 0) is 37.5 Å². The van der Waals surface area contributed by atoms with Gasteiger partial charge in [0.25, 0.3) is 0 Å². The van der Waals surface area contributed by atoms with E-state index in [4.69, 9.17) is 0 Å². The Morgan fingerprint density at radius 1 is 1.16 bits per heavy atom. The van der Waals surface area contributed by atoms with Crippen LogP contribution in [0.25, 0.3) is 0 Å². The van der Waals surface area contributed by atoms with Crippen LogP contribution in [-0.4, -0.2) is 49.4 Å². The van der Waals surface area contributed by atoms with Gasteiger partial charge in [-0.25, -0.2) is 0 Å². The molecule has 25 heavy (non-hydrogen) atoms. The average molecular weight is 343 g/mol. The van der Waals surface area contributed by atoms with Gasteiger partial charge in [-0.15, -0.1) is 0 Å². The quantitative estimate of drug-likeness (QED) is 0.806. The minimum atomic E-state index is -0.0980. The van der Waals surface area contributed by atoms with E-state index in [9.17, 15) is 9.59 Å². The number of anilines is 1. The van der Waals surface area contributed by atoms with Gasteiger partial charge >= 0.3 is 0 Å². The third-order valence-corrected chi connectivity index (χ3v) is 5.23. The third-order valence-electron chi connectivity index (χ3n) is 5.23. The van der Waals surface area contributed by atoms with Crippen molar-refractivity contribution in [3.05, 3.63) is 29.8 Å². The Hall–Kier alpha value is -2.04. The maximum absolute atomic E-state index is 12.6. The molecule has 2 atom stereocenters. The Morgan fingerprint density at radius 2 is 1.92 bits per heavy atom. The van der Waals surface area contributed by atoms with Crippen LogP contribution in [0.15, 0.2) is 24.3 Å². The fourth-order valence-electron chi connectivity index (χ4n) is 3.52. The molecule has 2 amide bonds. The molecular formula is C20H29N3O2. The maximum Gasteiger partial charge on any atom is 0.226 e. The Balaban J connectivity index is 1.46. The Bertz CT molecular complexity index is 623. The molecular weight excluding hydrogens is 314 g/mol. The summed E-state index contributed by atoms with van der Waals surface area (Å²) >= 11 is 0. The van der Waals surface area contributed by atoms with Gasteiger partial charge in [0.1, 0.15) is 0 Å². The number of amides is 2. The normalized spacial score (nSPS) is 22.6. The molecule has 0 bridgehead atoms. The number of hydrogen-bond donors (Lipinski definition) is 1. The van der Waals surface area contributed by atoms with E-state index in [1.807, 2.05) is 4.90 Å². The van der Waals surface area contributed by atoms with Crippen LogP contribution in [0, 0.1) is 18.8 Å². The van der Waals surface area contributed by atoms with Crippen LogP contribution in [0.5, 0.6) is 0 Å². The molecule has 2 unspecified atom stereocenters. The predicted octanol–water partition coefficient (Wildman–Crippen LogP) is 2.20. The van der Waals surface area contributed by atoms with Crippen molar-refractivity contribution in [3.63, 3.8) is 0 Å². The number of benzene rings is 1. The molecule has 0 radical (unpaired) electrons. The third kappa shape index (κ3) is 4.33. The second-order valence-corrected chi connectivity index (χ2v) is 7.24. The van der Waals surface area contributed by atoms with Gasteiger partial charge in [-0.1, -0.05) is 25.5 Å². The zero-order valence-corrected chi connectivity index (χ0v) is 15.3. The van der Waals surface area contributed by atoms with E-state index in [-0.39, 0.29) is 23.7 Å². The van der Waals surface area contributed by atoms with Gasteiger partial charge in [-0.2, -0.15) is 0 Å². The summed E-state index contributed by atoms with van der Waals surface area (Å²) in [6.07, 6.45) is 2.78. The summed E-state index contributed by atoms with van der Waals surface area (Å²) in [5.41, 5.74) is 2.48. The molecule has 2 fully saturated rings. The van der Waals surface area contributed by atoms with Crippen LogP contribution in [-0.2, 0) is 9.59 Å². The highest BCUT2D eigenvalue weighted by Gasteiger charge is 2.49. The Kier molecular flexibility index (Phi) is 5.61. The van der Waals surface area contributed by atoms with Crippen molar-refractivity contribution in [2.75, 3.05) is 37.6 Å². The monoisotopic (exact) mass is 343 g/mol. The summed E-state index contributed by atoms with van der Waals surface area (Å²) < 4.78 is 0. The molecule has 1 N–H and O–H groups in total. The van der Waals surface area contributed by atoms with E-state index in [2.05, 4.69) is 48.3 Å². The molecule has 1 aliphatic heterocycles. The number of unbranched alkanes of at least 4 members (excludes halogenated alkanes) is 1. The number of aryl methyl sites for hydroxylation is 1. The van der Waals surface area contributed by atoms with Gasteiger partial charge in [-0.3, -0.25) is 9.59 Å². The molecule has 2 aliphatic rings. The first-order valence-electron chi connectivity index (χ1n) is 9.48. The Morgan fingerprint density at radius 3 is 2.60 bits per heavy atom. The number of piperazine rings is 1. The van der Waals surface area contributed by atoms with Gasteiger partial charge < -0.3 is 15.1 Å².